The highest BCUT2D eigenvalue weighted by molar-refractivity contribution is 4.80. The quantitative estimate of drug-likeness (QED) is 0.757. The summed E-state index contributed by atoms with van der Waals surface area (Å²) in [6, 6.07) is 0.730. The summed E-state index contributed by atoms with van der Waals surface area (Å²) in [6.45, 7) is 13.4. The molecular formula is C15H32N2O. The van der Waals surface area contributed by atoms with Crippen molar-refractivity contribution in [3.63, 3.8) is 0 Å². The third-order valence-electron chi connectivity index (χ3n) is 3.61. The van der Waals surface area contributed by atoms with Gasteiger partial charge in [-0.1, -0.05) is 27.7 Å². The first-order valence-electron chi connectivity index (χ1n) is 7.53. The molecule has 1 heterocycles. The fraction of sp³-hybridized carbons (Fsp3) is 1.00. The van der Waals surface area contributed by atoms with Crippen LogP contribution in [-0.2, 0) is 4.74 Å². The first kappa shape index (κ1) is 15.9. The summed E-state index contributed by atoms with van der Waals surface area (Å²) in [5, 5.41) is 3.23. The molecule has 1 aliphatic rings. The number of nitrogens with zero attached hydrogens (tertiary/aromatic N) is 1. The van der Waals surface area contributed by atoms with E-state index in [1.165, 1.54) is 12.8 Å². The van der Waals surface area contributed by atoms with Gasteiger partial charge in [0, 0.05) is 25.7 Å². The third-order valence-corrected chi connectivity index (χ3v) is 3.61. The number of likely N-dealkylation sites (N-methyl/N-ethyl adjacent to an activating group) is 1. The average molecular weight is 256 g/mol. The Labute approximate surface area is 113 Å². The van der Waals surface area contributed by atoms with E-state index in [0.29, 0.717) is 6.10 Å². The number of hydrogen-bond acceptors (Lipinski definition) is 3. The van der Waals surface area contributed by atoms with Gasteiger partial charge >= 0.3 is 0 Å². The molecule has 0 saturated carbocycles. The molecular weight excluding hydrogens is 224 g/mol. The molecule has 1 atom stereocenters. The first-order chi connectivity index (χ1) is 8.52. The van der Waals surface area contributed by atoms with Gasteiger partial charge in [-0.3, -0.25) is 4.90 Å². The number of hydrogen-bond donors (Lipinski definition) is 1. The molecule has 0 aromatic rings. The van der Waals surface area contributed by atoms with Crippen molar-refractivity contribution < 1.29 is 4.74 Å². The SMILES string of the molecule is CNCC1CN(C(CC(C)C)CC(C)C)CCO1. The van der Waals surface area contributed by atoms with Crippen molar-refractivity contribution >= 4 is 0 Å². The lowest BCUT2D eigenvalue weighted by molar-refractivity contribution is -0.0467. The van der Waals surface area contributed by atoms with Crippen LogP contribution in [0.4, 0.5) is 0 Å². The van der Waals surface area contributed by atoms with Crippen LogP contribution < -0.4 is 5.32 Å². The topological polar surface area (TPSA) is 24.5 Å². The van der Waals surface area contributed by atoms with Gasteiger partial charge in [0.15, 0.2) is 0 Å². The van der Waals surface area contributed by atoms with Crippen LogP contribution >= 0.6 is 0 Å². The molecule has 0 spiro atoms. The van der Waals surface area contributed by atoms with E-state index in [-0.39, 0.29) is 0 Å². The Hall–Kier alpha value is -0.120. The van der Waals surface area contributed by atoms with Gasteiger partial charge < -0.3 is 10.1 Å². The second-order valence-electron chi connectivity index (χ2n) is 6.46. The summed E-state index contributed by atoms with van der Waals surface area (Å²) < 4.78 is 5.80. The zero-order valence-electron chi connectivity index (χ0n) is 12.9. The van der Waals surface area contributed by atoms with Crippen molar-refractivity contribution in [3.05, 3.63) is 0 Å². The van der Waals surface area contributed by atoms with Crippen LogP contribution in [0.3, 0.4) is 0 Å². The van der Waals surface area contributed by atoms with E-state index < -0.39 is 0 Å². The van der Waals surface area contributed by atoms with Crippen molar-refractivity contribution in [1.29, 1.82) is 0 Å². The molecule has 1 fully saturated rings. The van der Waals surface area contributed by atoms with Gasteiger partial charge in [0.2, 0.25) is 0 Å². The zero-order valence-corrected chi connectivity index (χ0v) is 12.9. The van der Waals surface area contributed by atoms with Crippen molar-refractivity contribution in [2.45, 2.75) is 52.7 Å². The van der Waals surface area contributed by atoms with Crippen LogP contribution in [0, 0.1) is 11.8 Å². The van der Waals surface area contributed by atoms with E-state index in [1.807, 2.05) is 7.05 Å². The van der Waals surface area contributed by atoms with Crippen LogP contribution in [-0.4, -0.2) is 50.3 Å². The molecule has 1 unspecified atom stereocenters. The monoisotopic (exact) mass is 256 g/mol. The molecule has 3 nitrogen and oxygen atoms in total. The maximum absolute atomic E-state index is 5.80. The highest BCUT2D eigenvalue weighted by Gasteiger charge is 2.26. The van der Waals surface area contributed by atoms with Gasteiger partial charge in [-0.15, -0.1) is 0 Å². The average Bonchev–Trinajstić information content (AvgIpc) is 2.28. The minimum Gasteiger partial charge on any atom is -0.374 e. The third kappa shape index (κ3) is 5.68. The normalized spacial score (nSPS) is 22.3. The summed E-state index contributed by atoms with van der Waals surface area (Å²) in [7, 11) is 2.00. The second-order valence-corrected chi connectivity index (χ2v) is 6.46. The molecule has 0 radical (unpaired) electrons. The van der Waals surface area contributed by atoms with E-state index in [0.717, 1.165) is 44.1 Å². The molecule has 0 aromatic carbocycles. The molecule has 18 heavy (non-hydrogen) atoms. The highest BCUT2D eigenvalue weighted by atomic mass is 16.5. The van der Waals surface area contributed by atoms with Gasteiger partial charge in [0.05, 0.1) is 12.7 Å². The van der Waals surface area contributed by atoms with Crippen LogP contribution in [0.25, 0.3) is 0 Å². The smallest absolute Gasteiger partial charge is 0.0826 e. The minimum atomic E-state index is 0.366. The minimum absolute atomic E-state index is 0.366. The number of nitrogens with one attached hydrogen (secondary N) is 1. The van der Waals surface area contributed by atoms with Gasteiger partial charge in [-0.2, -0.15) is 0 Å². The molecule has 0 aliphatic carbocycles. The van der Waals surface area contributed by atoms with Crippen molar-refractivity contribution in [1.82, 2.24) is 10.2 Å². The van der Waals surface area contributed by atoms with Crippen LogP contribution in [0.2, 0.25) is 0 Å². The van der Waals surface area contributed by atoms with Crippen molar-refractivity contribution in [3.8, 4) is 0 Å². The Morgan fingerprint density at radius 3 is 2.28 bits per heavy atom. The van der Waals surface area contributed by atoms with Gasteiger partial charge in [0.1, 0.15) is 0 Å². The first-order valence-corrected chi connectivity index (χ1v) is 7.53. The molecule has 0 aromatic heterocycles. The van der Waals surface area contributed by atoms with E-state index in [4.69, 9.17) is 4.74 Å². The van der Waals surface area contributed by atoms with Crippen LogP contribution in [0.1, 0.15) is 40.5 Å². The lowest BCUT2D eigenvalue weighted by Gasteiger charge is -2.39. The van der Waals surface area contributed by atoms with Crippen molar-refractivity contribution in [2.24, 2.45) is 11.8 Å². The Kier molecular flexibility index (Phi) is 7.20. The lowest BCUT2D eigenvalue weighted by Crippen LogP contribution is -2.50. The van der Waals surface area contributed by atoms with Gasteiger partial charge in [-0.25, -0.2) is 0 Å². The highest BCUT2D eigenvalue weighted by Crippen LogP contribution is 2.21. The largest absolute Gasteiger partial charge is 0.374 e. The van der Waals surface area contributed by atoms with E-state index in [1.54, 1.807) is 0 Å². The van der Waals surface area contributed by atoms with Crippen LogP contribution in [0.5, 0.6) is 0 Å². The maximum atomic E-state index is 5.80. The Morgan fingerprint density at radius 1 is 1.17 bits per heavy atom. The standard InChI is InChI=1S/C15H32N2O/c1-12(2)8-14(9-13(3)4)17-6-7-18-15(11-17)10-16-5/h12-16H,6-11H2,1-5H3. The predicted molar refractivity (Wildman–Crippen MR) is 77.9 cm³/mol. The zero-order chi connectivity index (χ0) is 13.5. The lowest BCUT2D eigenvalue weighted by atomic mass is 9.93. The van der Waals surface area contributed by atoms with Crippen molar-refractivity contribution in [2.75, 3.05) is 33.3 Å². The Bertz CT molecular complexity index is 207. The van der Waals surface area contributed by atoms with Crippen LogP contribution in [0.15, 0.2) is 0 Å². The molecule has 0 bridgehead atoms. The fourth-order valence-corrected chi connectivity index (χ4v) is 2.91. The molecule has 1 N–H and O–H groups in total. The Balaban J connectivity index is 2.54. The number of rotatable bonds is 7. The number of ether oxygens (including phenoxy) is 1. The molecule has 3 heteroatoms. The van der Waals surface area contributed by atoms with E-state index in [2.05, 4.69) is 37.9 Å². The molecule has 1 aliphatic heterocycles. The summed E-state index contributed by atoms with van der Waals surface area (Å²) in [4.78, 5) is 2.66. The maximum Gasteiger partial charge on any atom is 0.0826 e. The van der Waals surface area contributed by atoms with E-state index >= 15 is 0 Å². The Morgan fingerprint density at radius 2 is 1.78 bits per heavy atom. The summed E-state index contributed by atoms with van der Waals surface area (Å²) >= 11 is 0. The van der Waals surface area contributed by atoms with Gasteiger partial charge in [0.25, 0.3) is 0 Å². The molecule has 1 saturated heterocycles. The molecule has 108 valence electrons. The molecule has 0 amide bonds. The summed E-state index contributed by atoms with van der Waals surface area (Å²) in [5.74, 6) is 1.55. The van der Waals surface area contributed by atoms with Gasteiger partial charge in [-0.05, 0) is 31.7 Å². The number of morpholine rings is 1. The summed E-state index contributed by atoms with van der Waals surface area (Å²) in [6.07, 6.45) is 2.99. The second kappa shape index (κ2) is 8.13. The predicted octanol–water partition coefficient (Wildman–Crippen LogP) is 2.37. The molecule has 1 rings (SSSR count). The van der Waals surface area contributed by atoms with E-state index in [9.17, 15) is 0 Å². The fourth-order valence-electron chi connectivity index (χ4n) is 2.91. The summed E-state index contributed by atoms with van der Waals surface area (Å²) in [5.41, 5.74) is 0.